The van der Waals surface area contributed by atoms with Crippen molar-refractivity contribution in [1.29, 1.82) is 0 Å². The molecule has 0 heterocycles. The Labute approximate surface area is 153 Å². The molecule has 2 aromatic rings. The molecule has 26 heavy (non-hydrogen) atoms. The molecule has 0 radical (unpaired) electrons. The summed E-state index contributed by atoms with van der Waals surface area (Å²) in [5, 5.41) is 2.84. The Morgan fingerprint density at radius 1 is 0.885 bits per heavy atom. The van der Waals surface area contributed by atoms with Crippen LogP contribution >= 0.6 is 0 Å². The number of carbonyl (C=O) groups excluding carboxylic acids is 1. The van der Waals surface area contributed by atoms with Gasteiger partial charge in [-0.15, -0.1) is 0 Å². The highest BCUT2D eigenvalue weighted by Crippen LogP contribution is 2.40. The molecule has 6 heteroatoms. The van der Waals surface area contributed by atoms with Crippen molar-refractivity contribution in [2.75, 3.05) is 33.8 Å². The number of hydrogen-bond acceptors (Lipinski definition) is 5. The highest BCUT2D eigenvalue weighted by atomic mass is 16.5. The molecule has 0 saturated carbocycles. The van der Waals surface area contributed by atoms with Gasteiger partial charge in [0, 0.05) is 11.6 Å². The highest BCUT2D eigenvalue weighted by Gasteiger charge is 2.14. The molecular formula is C20H23NO5. The molecule has 0 spiro atoms. The van der Waals surface area contributed by atoms with Gasteiger partial charge < -0.3 is 24.3 Å². The number of anilines is 1. The second kappa shape index (κ2) is 8.80. The second-order valence-electron chi connectivity index (χ2n) is 5.40. The van der Waals surface area contributed by atoms with E-state index in [-0.39, 0.29) is 5.91 Å². The molecular weight excluding hydrogens is 334 g/mol. The maximum Gasteiger partial charge on any atom is 0.248 e. The predicted molar refractivity (Wildman–Crippen MR) is 101 cm³/mol. The van der Waals surface area contributed by atoms with Crippen LogP contribution in [0.1, 0.15) is 11.1 Å². The third-order valence-corrected chi connectivity index (χ3v) is 3.85. The number of methoxy groups -OCH3 is 4. The molecule has 0 aromatic heterocycles. The van der Waals surface area contributed by atoms with Crippen LogP contribution in [0.4, 0.5) is 5.69 Å². The average molecular weight is 357 g/mol. The summed E-state index contributed by atoms with van der Waals surface area (Å²) in [5.41, 5.74) is 2.25. The Balaban J connectivity index is 2.26. The van der Waals surface area contributed by atoms with Gasteiger partial charge >= 0.3 is 0 Å². The monoisotopic (exact) mass is 357 g/mol. The second-order valence-corrected chi connectivity index (χ2v) is 5.40. The molecule has 0 fully saturated rings. The third-order valence-electron chi connectivity index (χ3n) is 3.85. The van der Waals surface area contributed by atoms with Crippen LogP contribution in [0.15, 0.2) is 36.4 Å². The van der Waals surface area contributed by atoms with Gasteiger partial charge in [-0.3, -0.25) is 4.79 Å². The van der Waals surface area contributed by atoms with Gasteiger partial charge in [-0.25, -0.2) is 0 Å². The summed E-state index contributed by atoms with van der Waals surface area (Å²) in [6, 6.07) is 9.11. The van der Waals surface area contributed by atoms with E-state index in [1.54, 1.807) is 38.5 Å². The number of nitrogens with one attached hydrogen (secondary N) is 1. The molecule has 138 valence electrons. The summed E-state index contributed by atoms with van der Waals surface area (Å²) in [6.07, 6.45) is 3.08. The lowest BCUT2D eigenvalue weighted by atomic mass is 10.1. The largest absolute Gasteiger partial charge is 0.495 e. The molecule has 0 unspecified atom stereocenters. The van der Waals surface area contributed by atoms with Crippen molar-refractivity contribution in [3.8, 4) is 23.0 Å². The Hall–Kier alpha value is -3.15. The third kappa shape index (κ3) is 4.08. The summed E-state index contributed by atoms with van der Waals surface area (Å²) >= 11 is 0. The van der Waals surface area contributed by atoms with E-state index in [0.29, 0.717) is 34.2 Å². The molecule has 6 nitrogen and oxygen atoms in total. The molecule has 0 aliphatic rings. The van der Waals surface area contributed by atoms with E-state index in [2.05, 4.69) is 5.32 Å². The Kier molecular flexibility index (Phi) is 6.49. The fourth-order valence-corrected chi connectivity index (χ4v) is 2.56. The number of benzene rings is 2. The summed E-state index contributed by atoms with van der Waals surface area (Å²) < 4.78 is 21.3. The lowest BCUT2D eigenvalue weighted by molar-refractivity contribution is -0.111. The molecule has 1 N–H and O–H groups in total. The van der Waals surface area contributed by atoms with Crippen LogP contribution in [0, 0.1) is 6.92 Å². The number of rotatable bonds is 7. The van der Waals surface area contributed by atoms with E-state index in [0.717, 1.165) is 5.56 Å². The van der Waals surface area contributed by atoms with Crippen LogP contribution in [-0.4, -0.2) is 34.3 Å². The van der Waals surface area contributed by atoms with E-state index >= 15 is 0 Å². The number of aryl methyl sites for hydroxylation is 1. The Bertz CT molecular complexity index is 814. The van der Waals surface area contributed by atoms with Gasteiger partial charge in [-0.05, 0) is 36.8 Å². The van der Waals surface area contributed by atoms with Crippen LogP contribution in [0.5, 0.6) is 23.0 Å². The average Bonchev–Trinajstić information content (AvgIpc) is 2.66. The van der Waals surface area contributed by atoms with Gasteiger partial charge in [-0.2, -0.15) is 0 Å². The number of para-hydroxylation sites is 1. The quantitative estimate of drug-likeness (QED) is 0.766. The van der Waals surface area contributed by atoms with Gasteiger partial charge in [0.1, 0.15) is 5.75 Å². The van der Waals surface area contributed by atoms with Crippen molar-refractivity contribution >= 4 is 17.7 Å². The van der Waals surface area contributed by atoms with Crippen LogP contribution in [-0.2, 0) is 4.79 Å². The molecule has 0 aliphatic carbocycles. The summed E-state index contributed by atoms with van der Waals surface area (Å²) in [7, 11) is 6.18. The summed E-state index contributed by atoms with van der Waals surface area (Å²) in [5.74, 6) is 1.84. The minimum Gasteiger partial charge on any atom is -0.495 e. The predicted octanol–water partition coefficient (Wildman–Crippen LogP) is 3.68. The first-order chi connectivity index (χ1) is 12.5. The van der Waals surface area contributed by atoms with Gasteiger partial charge in [0.15, 0.2) is 11.5 Å². The van der Waals surface area contributed by atoms with Gasteiger partial charge in [0.2, 0.25) is 11.7 Å². The normalized spacial score (nSPS) is 10.5. The molecule has 0 aliphatic heterocycles. The molecule has 0 atom stereocenters. The van der Waals surface area contributed by atoms with E-state index in [1.807, 2.05) is 19.1 Å². The number of carbonyl (C=O) groups is 1. The fraction of sp³-hybridized carbons (Fsp3) is 0.250. The van der Waals surface area contributed by atoms with E-state index in [4.69, 9.17) is 18.9 Å². The van der Waals surface area contributed by atoms with Gasteiger partial charge in [-0.1, -0.05) is 12.1 Å². The van der Waals surface area contributed by atoms with Crippen LogP contribution in [0.25, 0.3) is 6.08 Å². The molecule has 2 rings (SSSR count). The van der Waals surface area contributed by atoms with Crippen LogP contribution in [0.3, 0.4) is 0 Å². The first kappa shape index (κ1) is 19.2. The lowest BCUT2D eigenvalue weighted by Gasteiger charge is -2.14. The van der Waals surface area contributed by atoms with E-state index < -0.39 is 0 Å². The molecule has 2 aromatic carbocycles. The highest BCUT2D eigenvalue weighted by molar-refractivity contribution is 6.03. The van der Waals surface area contributed by atoms with Gasteiger partial charge in [0.25, 0.3) is 0 Å². The first-order valence-corrected chi connectivity index (χ1v) is 7.97. The Morgan fingerprint density at radius 3 is 2.19 bits per heavy atom. The maximum atomic E-state index is 12.3. The van der Waals surface area contributed by atoms with Crippen molar-refractivity contribution < 1.29 is 23.7 Å². The topological polar surface area (TPSA) is 66.0 Å². The molecule has 0 saturated heterocycles. The van der Waals surface area contributed by atoms with E-state index in [9.17, 15) is 4.79 Å². The zero-order chi connectivity index (χ0) is 19.1. The molecule has 1 amide bonds. The van der Waals surface area contributed by atoms with Crippen molar-refractivity contribution in [2.45, 2.75) is 6.92 Å². The molecule has 0 bridgehead atoms. The smallest absolute Gasteiger partial charge is 0.248 e. The minimum atomic E-state index is -0.283. The van der Waals surface area contributed by atoms with Gasteiger partial charge in [0.05, 0.1) is 34.1 Å². The number of ether oxygens (including phenoxy) is 4. The SMILES string of the molecule is COc1cccc(C)c1NC(=O)C=Cc1ccc(OC)c(OC)c1OC. The zero-order valence-electron chi connectivity index (χ0n) is 15.6. The van der Waals surface area contributed by atoms with Crippen molar-refractivity contribution in [3.05, 3.63) is 47.5 Å². The Morgan fingerprint density at radius 2 is 1.58 bits per heavy atom. The summed E-state index contributed by atoms with van der Waals surface area (Å²) in [6.45, 7) is 1.90. The fourth-order valence-electron chi connectivity index (χ4n) is 2.56. The van der Waals surface area contributed by atoms with E-state index in [1.165, 1.54) is 20.3 Å². The first-order valence-electron chi connectivity index (χ1n) is 7.97. The van der Waals surface area contributed by atoms with Crippen molar-refractivity contribution in [3.63, 3.8) is 0 Å². The van der Waals surface area contributed by atoms with Crippen LogP contribution in [0.2, 0.25) is 0 Å². The number of hydrogen-bond donors (Lipinski definition) is 1. The van der Waals surface area contributed by atoms with Crippen molar-refractivity contribution in [2.24, 2.45) is 0 Å². The maximum absolute atomic E-state index is 12.3. The zero-order valence-corrected chi connectivity index (χ0v) is 15.6. The number of amides is 1. The lowest BCUT2D eigenvalue weighted by Crippen LogP contribution is -2.10. The van der Waals surface area contributed by atoms with Crippen LogP contribution < -0.4 is 24.3 Å². The van der Waals surface area contributed by atoms with Crippen molar-refractivity contribution in [1.82, 2.24) is 0 Å². The standard InChI is InChI=1S/C20H23NO5/c1-13-7-6-8-15(23-2)18(13)21-17(22)12-10-14-9-11-16(24-3)20(26-5)19(14)25-4/h6-12H,1-5H3,(H,21,22). The summed E-state index contributed by atoms with van der Waals surface area (Å²) in [4.78, 5) is 12.3. The minimum absolute atomic E-state index is 0.283.